The molecule has 10 nitrogen and oxygen atoms in total. The summed E-state index contributed by atoms with van der Waals surface area (Å²) in [6.45, 7) is 0.821. The summed E-state index contributed by atoms with van der Waals surface area (Å²) in [7, 11) is -4.06. The van der Waals surface area contributed by atoms with E-state index >= 15 is 0 Å². The van der Waals surface area contributed by atoms with Crippen LogP contribution in [0.4, 0.5) is 13.2 Å². The van der Waals surface area contributed by atoms with Crippen molar-refractivity contribution in [2.45, 2.75) is 36.5 Å². The second-order valence-electron chi connectivity index (χ2n) is 8.77. The number of carbonyl (C=O) groups excluding carboxylic acids is 1. The topological polar surface area (TPSA) is 151 Å². The average Bonchev–Trinajstić information content (AvgIpc) is 3.23. The van der Waals surface area contributed by atoms with E-state index in [4.69, 9.17) is 20.5 Å². The predicted molar refractivity (Wildman–Crippen MR) is 140 cm³/mol. The third-order valence-electron chi connectivity index (χ3n) is 5.87. The molecule has 1 fully saturated rings. The molecule has 1 aliphatic carbocycles. The van der Waals surface area contributed by atoms with Crippen LogP contribution < -0.4 is 15.3 Å². The van der Waals surface area contributed by atoms with E-state index in [2.05, 4.69) is 9.82 Å². The summed E-state index contributed by atoms with van der Waals surface area (Å²) in [6, 6.07) is 15.5. The van der Waals surface area contributed by atoms with E-state index in [0.29, 0.717) is 25.3 Å². The number of nitrogens with two attached hydrogens (primary N) is 1. The fourth-order valence-corrected chi connectivity index (χ4v) is 5.54. The van der Waals surface area contributed by atoms with Gasteiger partial charge < -0.3 is 20.6 Å². The number of carboxylic acids is 1. The normalized spacial score (nSPS) is 20.8. The minimum Gasteiger partial charge on any atom is -0.475 e. The highest BCUT2D eigenvalue weighted by atomic mass is 32.2. The van der Waals surface area contributed by atoms with Gasteiger partial charge in [0.2, 0.25) is 10.8 Å². The maximum Gasteiger partial charge on any atom is 0.490 e. The van der Waals surface area contributed by atoms with Crippen molar-refractivity contribution in [3.05, 3.63) is 90.0 Å². The number of carboxylic acid groups (broad SMARTS) is 1. The molecule has 1 amide bonds. The first-order chi connectivity index (χ1) is 18.9. The number of amides is 1. The molecule has 40 heavy (non-hydrogen) atoms. The number of carbonyl (C=O) groups is 2. The third-order valence-corrected chi connectivity index (χ3v) is 7.76. The monoisotopic (exact) mass is 580 g/mol. The lowest BCUT2D eigenvalue weighted by Gasteiger charge is -2.32. The Morgan fingerprint density at radius 3 is 2.50 bits per heavy atom. The van der Waals surface area contributed by atoms with Crippen LogP contribution in [0.1, 0.15) is 24.0 Å². The van der Waals surface area contributed by atoms with Crippen LogP contribution in [0.15, 0.2) is 84.0 Å². The number of alkyl halides is 3. The summed E-state index contributed by atoms with van der Waals surface area (Å²) >= 11 is 0. The molecular formula is C26H27F3N4O6S. The van der Waals surface area contributed by atoms with Crippen molar-refractivity contribution < 1.29 is 41.0 Å². The Morgan fingerprint density at radius 2 is 1.90 bits per heavy atom. The molecule has 0 saturated carbocycles. The molecule has 2 aromatic carbocycles. The SMILES string of the molecule is NN=Cc1cccc(CN2CC[C@H](NS(=O)(=O)C3(Oc4ccccc4)C=CC=CC3)C2=O)c1.O=C(O)C(F)(F)F. The molecule has 1 aliphatic heterocycles. The first-order valence-electron chi connectivity index (χ1n) is 11.9. The molecule has 2 aliphatic rings. The molecule has 4 N–H and O–H groups in total. The van der Waals surface area contributed by atoms with Crippen molar-refractivity contribution in [1.82, 2.24) is 9.62 Å². The number of rotatable bonds is 8. The number of hydrazone groups is 1. The second-order valence-corrected chi connectivity index (χ2v) is 10.7. The van der Waals surface area contributed by atoms with Gasteiger partial charge in [0, 0.05) is 19.5 Å². The summed E-state index contributed by atoms with van der Waals surface area (Å²) in [5, 5.41) is 10.6. The maximum absolute atomic E-state index is 13.5. The van der Waals surface area contributed by atoms with Gasteiger partial charge in [0.05, 0.1) is 6.21 Å². The number of likely N-dealkylation sites (tertiary alicyclic amines) is 1. The van der Waals surface area contributed by atoms with E-state index in [1.54, 1.807) is 47.4 Å². The van der Waals surface area contributed by atoms with Crippen LogP contribution in [0.3, 0.4) is 0 Å². The number of allylic oxidation sites excluding steroid dienone is 2. The molecule has 1 unspecified atom stereocenters. The number of halogens is 3. The van der Waals surface area contributed by atoms with Crippen LogP contribution in [0.5, 0.6) is 5.75 Å². The Hall–Kier alpha value is -4.17. The number of nitrogens with one attached hydrogen (secondary N) is 1. The van der Waals surface area contributed by atoms with E-state index < -0.39 is 33.1 Å². The lowest BCUT2D eigenvalue weighted by Crippen LogP contribution is -2.53. The van der Waals surface area contributed by atoms with Crippen molar-refractivity contribution in [2.75, 3.05) is 6.54 Å². The Labute approximate surface area is 228 Å². The zero-order valence-corrected chi connectivity index (χ0v) is 21.8. The summed E-state index contributed by atoms with van der Waals surface area (Å²) in [5.74, 6) is 2.63. The summed E-state index contributed by atoms with van der Waals surface area (Å²) in [5.41, 5.74) is 1.74. The Morgan fingerprint density at radius 1 is 1.20 bits per heavy atom. The van der Waals surface area contributed by atoms with Gasteiger partial charge in [0.1, 0.15) is 11.8 Å². The molecule has 4 rings (SSSR count). The van der Waals surface area contributed by atoms with Crippen molar-refractivity contribution in [3.8, 4) is 5.75 Å². The first kappa shape index (κ1) is 30.4. The van der Waals surface area contributed by atoms with Gasteiger partial charge in [-0.3, -0.25) is 4.79 Å². The summed E-state index contributed by atoms with van der Waals surface area (Å²) in [4.78, 5) is 21.9. The number of para-hydroxylation sites is 1. The molecule has 1 heterocycles. The zero-order chi connectivity index (χ0) is 29.4. The van der Waals surface area contributed by atoms with Crippen molar-refractivity contribution in [3.63, 3.8) is 0 Å². The van der Waals surface area contributed by atoms with Crippen LogP contribution in [0.25, 0.3) is 0 Å². The first-order valence-corrected chi connectivity index (χ1v) is 13.4. The number of hydrogen-bond acceptors (Lipinski definition) is 7. The Bertz CT molecular complexity index is 1400. The van der Waals surface area contributed by atoms with Gasteiger partial charge in [0.25, 0.3) is 10.0 Å². The number of nitrogens with zero attached hydrogens (tertiary/aromatic N) is 2. The number of ether oxygens (including phenoxy) is 1. The van der Waals surface area contributed by atoms with Gasteiger partial charge in [-0.1, -0.05) is 54.6 Å². The van der Waals surface area contributed by atoms with E-state index in [0.717, 1.165) is 11.1 Å². The highest BCUT2D eigenvalue weighted by Crippen LogP contribution is 2.31. The van der Waals surface area contributed by atoms with Gasteiger partial charge in [-0.2, -0.15) is 23.0 Å². The molecular weight excluding hydrogens is 553 g/mol. The standard InChI is InChI=1S/C24H26N4O4S.C2HF3O2/c25-26-17-19-8-7-9-20(16-19)18-28-15-12-22(23(28)29)27-33(30,31)24(13-5-2-6-14-24)32-21-10-3-1-4-11-21;3-2(4,5)1(6)7/h1-11,13,16-17,22,27H,12,14-15,18,25H2;(H,6,7)/t22-,24?;/m0./s1. The van der Waals surface area contributed by atoms with Crippen LogP contribution in [0.2, 0.25) is 0 Å². The molecule has 14 heteroatoms. The second kappa shape index (κ2) is 12.8. The summed E-state index contributed by atoms with van der Waals surface area (Å²) < 4.78 is 67.3. The molecule has 0 spiro atoms. The third kappa shape index (κ3) is 7.70. The lowest BCUT2D eigenvalue weighted by molar-refractivity contribution is -0.192. The maximum atomic E-state index is 13.5. The predicted octanol–water partition coefficient (Wildman–Crippen LogP) is 2.92. The average molecular weight is 581 g/mol. The minimum atomic E-state index is -5.08. The van der Waals surface area contributed by atoms with Crippen LogP contribution in [-0.2, 0) is 26.2 Å². The lowest BCUT2D eigenvalue weighted by atomic mass is 10.1. The molecule has 0 bridgehead atoms. The smallest absolute Gasteiger partial charge is 0.475 e. The van der Waals surface area contributed by atoms with Crippen LogP contribution in [0, 0.1) is 0 Å². The van der Waals surface area contributed by atoms with Crippen LogP contribution >= 0.6 is 0 Å². The van der Waals surface area contributed by atoms with Crippen LogP contribution in [-0.4, -0.2) is 60.2 Å². The number of aliphatic carboxylic acids is 1. The van der Waals surface area contributed by atoms with Gasteiger partial charge in [-0.15, -0.1) is 0 Å². The van der Waals surface area contributed by atoms with Gasteiger partial charge >= 0.3 is 12.1 Å². The highest BCUT2D eigenvalue weighted by Gasteiger charge is 2.47. The fraction of sp³-hybridized carbons (Fsp3) is 0.269. The number of hydrogen-bond donors (Lipinski definition) is 3. The van der Waals surface area contributed by atoms with E-state index in [1.165, 1.54) is 12.3 Å². The Balaban J connectivity index is 0.000000559. The van der Waals surface area contributed by atoms with Crippen molar-refractivity contribution >= 4 is 28.1 Å². The molecule has 214 valence electrons. The number of benzene rings is 2. The molecule has 0 aromatic heterocycles. The van der Waals surface area contributed by atoms with Crippen molar-refractivity contribution in [1.29, 1.82) is 0 Å². The van der Waals surface area contributed by atoms with E-state index in [9.17, 15) is 26.4 Å². The van der Waals surface area contributed by atoms with Gasteiger partial charge in [0.15, 0.2) is 0 Å². The fourth-order valence-electron chi connectivity index (χ4n) is 3.97. The molecule has 1 saturated heterocycles. The largest absolute Gasteiger partial charge is 0.490 e. The number of sulfonamides is 1. The highest BCUT2D eigenvalue weighted by molar-refractivity contribution is 7.91. The van der Waals surface area contributed by atoms with E-state index in [1.807, 2.05) is 30.3 Å². The molecule has 0 radical (unpaired) electrons. The zero-order valence-electron chi connectivity index (χ0n) is 21.0. The summed E-state index contributed by atoms with van der Waals surface area (Å²) in [6.07, 6.45) is 3.63. The molecule has 2 atom stereocenters. The van der Waals surface area contributed by atoms with Gasteiger partial charge in [-0.05, 0) is 41.8 Å². The van der Waals surface area contributed by atoms with Crippen molar-refractivity contribution in [2.24, 2.45) is 10.9 Å². The minimum absolute atomic E-state index is 0.133. The van der Waals surface area contributed by atoms with E-state index in [-0.39, 0.29) is 12.3 Å². The Kier molecular flexibility index (Phi) is 9.71. The molecule has 2 aromatic rings. The quantitative estimate of drug-likeness (QED) is 0.247. The van der Waals surface area contributed by atoms with Gasteiger partial charge in [-0.25, -0.2) is 13.2 Å².